The summed E-state index contributed by atoms with van der Waals surface area (Å²) in [5, 5.41) is 0.0655. The third kappa shape index (κ3) is 3.94. The van der Waals surface area contributed by atoms with Gasteiger partial charge in [-0.05, 0) is 18.5 Å². The molecule has 1 fully saturated rings. The second kappa shape index (κ2) is 6.55. The number of halogens is 3. The van der Waals surface area contributed by atoms with E-state index in [0.29, 0.717) is 32.0 Å². The highest BCUT2D eigenvalue weighted by Crippen LogP contribution is 2.20. The van der Waals surface area contributed by atoms with Gasteiger partial charge in [0.1, 0.15) is 0 Å². The molecule has 0 saturated carbocycles. The third-order valence-electron chi connectivity index (χ3n) is 3.37. The van der Waals surface area contributed by atoms with Crippen LogP contribution in [-0.2, 0) is 0 Å². The Kier molecular flexibility index (Phi) is 5.00. The lowest BCUT2D eigenvalue weighted by molar-refractivity contribution is 0.0444. The monoisotopic (exact) mass is 306 g/mol. The van der Waals surface area contributed by atoms with Crippen LogP contribution in [0.2, 0.25) is 5.28 Å². The van der Waals surface area contributed by atoms with Gasteiger partial charge in [0.2, 0.25) is 11.2 Å². The normalized spacial score (nSPS) is 19.4. The average Bonchev–Trinajstić information content (AvgIpc) is 2.37. The second-order valence-corrected chi connectivity index (χ2v) is 5.06. The number of hydrogen-bond donors (Lipinski definition) is 1. The van der Waals surface area contributed by atoms with Gasteiger partial charge in [0.15, 0.2) is 5.82 Å². The van der Waals surface area contributed by atoms with Crippen LogP contribution in [0.15, 0.2) is 0 Å². The van der Waals surface area contributed by atoms with E-state index < -0.39 is 6.43 Å². The summed E-state index contributed by atoms with van der Waals surface area (Å²) >= 11 is 5.76. The minimum atomic E-state index is -2.29. The van der Waals surface area contributed by atoms with Gasteiger partial charge in [-0.2, -0.15) is 9.97 Å². The van der Waals surface area contributed by atoms with E-state index >= 15 is 0 Å². The van der Waals surface area contributed by atoms with Crippen molar-refractivity contribution in [2.24, 2.45) is 0 Å². The van der Waals surface area contributed by atoms with Crippen LogP contribution in [-0.4, -0.2) is 63.9 Å². The molecule has 0 amide bonds. The maximum Gasteiger partial charge on any atom is 0.251 e. The van der Waals surface area contributed by atoms with Crippen LogP contribution in [0.25, 0.3) is 0 Å². The molecule has 1 aliphatic rings. The number of anilines is 1. The Labute approximate surface area is 120 Å². The van der Waals surface area contributed by atoms with Crippen LogP contribution >= 0.6 is 11.6 Å². The molecule has 1 aromatic heterocycles. The van der Waals surface area contributed by atoms with Crippen LogP contribution in [0, 0.1) is 0 Å². The summed E-state index contributed by atoms with van der Waals surface area (Å²) in [6.07, 6.45) is -2.29. The second-order valence-electron chi connectivity index (χ2n) is 4.72. The van der Waals surface area contributed by atoms with Crippen molar-refractivity contribution >= 4 is 17.5 Å². The highest BCUT2D eigenvalue weighted by Gasteiger charge is 2.25. The van der Waals surface area contributed by atoms with Crippen molar-refractivity contribution in [2.45, 2.75) is 19.4 Å². The van der Waals surface area contributed by atoms with Crippen molar-refractivity contribution in [3.8, 4) is 0 Å². The average molecular weight is 307 g/mol. The first-order valence-corrected chi connectivity index (χ1v) is 6.75. The van der Waals surface area contributed by atoms with Gasteiger partial charge in [0, 0.05) is 26.2 Å². The van der Waals surface area contributed by atoms with Crippen molar-refractivity contribution in [3.05, 3.63) is 11.1 Å². The van der Waals surface area contributed by atoms with Gasteiger partial charge in [-0.15, -0.1) is 0 Å². The summed E-state index contributed by atoms with van der Waals surface area (Å²) in [5.74, 6) is 0.591. The summed E-state index contributed by atoms with van der Waals surface area (Å²) in [5.41, 5.74) is 5.55. The smallest absolute Gasteiger partial charge is 0.251 e. The number of piperazine rings is 1. The molecule has 0 spiro atoms. The van der Waals surface area contributed by atoms with E-state index in [1.807, 2.05) is 6.92 Å². The fourth-order valence-corrected chi connectivity index (χ4v) is 2.43. The first kappa shape index (κ1) is 15.3. The number of alkyl halides is 2. The van der Waals surface area contributed by atoms with Crippen LogP contribution in [0.5, 0.6) is 0 Å². The van der Waals surface area contributed by atoms with Gasteiger partial charge < -0.3 is 5.73 Å². The Morgan fingerprint density at radius 3 is 2.40 bits per heavy atom. The van der Waals surface area contributed by atoms with E-state index in [9.17, 15) is 8.78 Å². The van der Waals surface area contributed by atoms with E-state index in [-0.39, 0.29) is 23.8 Å². The topological polar surface area (TPSA) is 71.2 Å². The standard InChI is InChI=1S/C11H17ClF2N6/c1-7(9-16-10(12)18-11(15)17-9)20-4-2-19(3-5-20)6-8(13)14/h7-8H,2-6H2,1H3,(H2,15,16,17,18). The molecule has 2 rings (SSSR count). The zero-order valence-corrected chi connectivity index (χ0v) is 11.9. The van der Waals surface area contributed by atoms with Crippen LogP contribution in [0.1, 0.15) is 18.8 Å². The molecule has 20 heavy (non-hydrogen) atoms. The largest absolute Gasteiger partial charge is 0.368 e. The Morgan fingerprint density at radius 2 is 1.85 bits per heavy atom. The molecule has 1 aliphatic heterocycles. The molecule has 2 N–H and O–H groups in total. The van der Waals surface area contributed by atoms with E-state index in [1.54, 1.807) is 4.90 Å². The zero-order valence-electron chi connectivity index (χ0n) is 11.1. The number of rotatable bonds is 4. The van der Waals surface area contributed by atoms with Gasteiger partial charge in [-0.3, -0.25) is 9.80 Å². The van der Waals surface area contributed by atoms with Gasteiger partial charge in [0.25, 0.3) is 6.43 Å². The highest BCUT2D eigenvalue weighted by molar-refractivity contribution is 6.28. The summed E-state index contributed by atoms with van der Waals surface area (Å²) in [4.78, 5) is 15.7. The van der Waals surface area contributed by atoms with Crippen molar-refractivity contribution in [3.63, 3.8) is 0 Å². The molecule has 0 radical (unpaired) electrons. The van der Waals surface area contributed by atoms with Crippen molar-refractivity contribution in [1.29, 1.82) is 0 Å². The van der Waals surface area contributed by atoms with E-state index in [1.165, 1.54) is 0 Å². The zero-order chi connectivity index (χ0) is 14.7. The van der Waals surface area contributed by atoms with Crippen LogP contribution in [0.3, 0.4) is 0 Å². The van der Waals surface area contributed by atoms with Crippen molar-refractivity contribution in [2.75, 3.05) is 38.5 Å². The summed E-state index contributed by atoms with van der Waals surface area (Å²) in [6, 6.07) is -0.0773. The van der Waals surface area contributed by atoms with Crippen molar-refractivity contribution in [1.82, 2.24) is 24.8 Å². The minimum absolute atomic E-state index is 0.0655. The Morgan fingerprint density at radius 1 is 1.20 bits per heavy atom. The van der Waals surface area contributed by atoms with Crippen molar-refractivity contribution < 1.29 is 8.78 Å². The van der Waals surface area contributed by atoms with E-state index in [0.717, 1.165) is 0 Å². The molecule has 9 heteroatoms. The number of nitrogens with zero attached hydrogens (tertiary/aromatic N) is 5. The fourth-order valence-electron chi connectivity index (χ4n) is 2.26. The molecule has 6 nitrogen and oxygen atoms in total. The molecule has 1 saturated heterocycles. The van der Waals surface area contributed by atoms with Crippen LogP contribution < -0.4 is 5.73 Å². The molecule has 0 aromatic carbocycles. The molecular weight excluding hydrogens is 290 g/mol. The first-order valence-electron chi connectivity index (χ1n) is 6.37. The lowest BCUT2D eigenvalue weighted by atomic mass is 10.2. The molecule has 1 atom stereocenters. The number of nitrogen functional groups attached to an aromatic ring is 1. The van der Waals surface area contributed by atoms with Gasteiger partial charge in [-0.25, -0.2) is 13.8 Å². The van der Waals surface area contributed by atoms with E-state index in [4.69, 9.17) is 17.3 Å². The fraction of sp³-hybridized carbons (Fsp3) is 0.727. The summed E-state index contributed by atoms with van der Waals surface area (Å²) < 4.78 is 24.6. The maximum absolute atomic E-state index is 12.3. The van der Waals surface area contributed by atoms with Gasteiger partial charge >= 0.3 is 0 Å². The molecule has 1 aromatic rings. The van der Waals surface area contributed by atoms with E-state index in [2.05, 4.69) is 19.9 Å². The molecule has 2 heterocycles. The summed E-state index contributed by atoms with van der Waals surface area (Å²) in [7, 11) is 0. The lowest BCUT2D eigenvalue weighted by Gasteiger charge is -2.37. The molecule has 0 aliphatic carbocycles. The Balaban J connectivity index is 1.96. The Bertz CT molecular complexity index is 432. The van der Waals surface area contributed by atoms with Crippen LogP contribution in [0.4, 0.5) is 14.7 Å². The lowest BCUT2D eigenvalue weighted by Crippen LogP contribution is -2.48. The van der Waals surface area contributed by atoms with Gasteiger partial charge in [-0.1, -0.05) is 0 Å². The Hall–Kier alpha value is -1.12. The molecular formula is C11H17ClF2N6. The molecule has 112 valence electrons. The number of hydrogen-bond acceptors (Lipinski definition) is 6. The SMILES string of the molecule is CC(c1nc(N)nc(Cl)n1)N1CCN(CC(F)F)CC1. The highest BCUT2D eigenvalue weighted by atomic mass is 35.5. The quantitative estimate of drug-likeness (QED) is 0.896. The summed E-state index contributed by atoms with van der Waals surface area (Å²) in [6.45, 7) is 4.32. The molecule has 1 unspecified atom stereocenters. The number of aromatic nitrogens is 3. The number of nitrogens with two attached hydrogens (primary N) is 1. The maximum atomic E-state index is 12.3. The predicted octanol–water partition coefficient (Wildman–Crippen LogP) is 1.05. The third-order valence-corrected chi connectivity index (χ3v) is 3.54. The van der Waals surface area contributed by atoms with Gasteiger partial charge in [0.05, 0.1) is 12.6 Å². The first-order chi connectivity index (χ1) is 9.45. The predicted molar refractivity (Wildman–Crippen MR) is 71.7 cm³/mol. The minimum Gasteiger partial charge on any atom is -0.368 e. The molecule has 0 bridgehead atoms.